The number of carboxylic acids is 1. The lowest BCUT2D eigenvalue weighted by Crippen LogP contribution is -2.40. The van der Waals surface area contributed by atoms with E-state index < -0.39 is 18.1 Å². The van der Waals surface area contributed by atoms with Crippen molar-refractivity contribution in [1.82, 2.24) is 20.6 Å². The first-order valence-electron chi connectivity index (χ1n) is 6.06. The third-order valence-electron chi connectivity index (χ3n) is 2.49. The Morgan fingerprint density at radius 1 is 1.45 bits per heavy atom. The quantitative estimate of drug-likeness (QED) is 0.652. The summed E-state index contributed by atoms with van der Waals surface area (Å²) in [6, 6.07) is 1.30. The summed E-state index contributed by atoms with van der Waals surface area (Å²) < 4.78 is 4.95. The highest BCUT2D eigenvalue weighted by Crippen LogP contribution is 1.96. The van der Waals surface area contributed by atoms with Crippen LogP contribution < -0.4 is 10.6 Å². The monoisotopic (exact) mass is 282 g/mol. The minimum absolute atomic E-state index is 0.122. The number of rotatable bonds is 7. The van der Waals surface area contributed by atoms with Gasteiger partial charge in [-0.2, -0.15) is 0 Å². The molecule has 110 valence electrons. The van der Waals surface area contributed by atoms with Crippen LogP contribution in [0.15, 0.2) is 12.3 Å². The number of hydrogen-bond acceptors (Lipinski definition) is 5. The van der Waals surface area contributed by atoms with Gasteiger partial charge in [0.1, 0.15) is 5.82 Å². The number of aliphatic carboxylic acids is 1. The van der Waals surface area contributed by atoms with E-state index >= 15 is 0 Å². The van der Waals surface area contributed by atoms with Crippen LogP contribution in [0.25, 0.3) is 0 Å². The number of carbonyl (C=O) groups excluding carboxylic acids is 1. The highest BCUT2D eigenvalue weighted by molar-refractivity contribution is 5.74. The van der Waals surface area contributed by atoms with Gasteiger partial charge in [-0.3, -0.25) is 4.79 Å². The van der Waals surface area contributed by atoms with Gasteiger partial charge in [-0.1, -0.05) is 0 Å². The lowest BCUT2D eigenvalue weighted by Gasteiger charge is -2.14. The van der Waals surface area contributed by atoms with Crippen molar-refractivity contribution in [3.63, 3.8) is 0 Å². The Labute approximate surface area is 116 Å². The van der Waals surface area contributed by atoms with Crippen LogP contribution in [-0.2, 0) is 16.1 Å². The van der Waals surface area contributed by atoms with Crippen molar-refractivity contribution in [3.8, 4) is 0 Å². The molecule has 0 saturated heterocycles. The number of amides is 2. The van der Waals surface area contributed by atoms with Crippen molar-refractivity contribution in [2.45, 2.75) is 26.0 Å². The van der Waals surface area contributed by atoms with Crippen molar-refractivity contribution >= 4 is 12.0 Å². The van der Waals surface area contributed by atoms with Crippen molar-refractivity contribution in [3.05, 3.63) is 23.8 Å². The van der Waals surface area contributed by atoms with E-state index in [0.717, 1.165) is 0 Å². The first kappa shape index (κ1) is 15.8. The molecular formula is C12H18N4O4. The molecule has 0 aliphatic carbocycles. The van der Waals surface area contributed by atoms with Gasteiger partial charge in [0.05, 0.1) is 24.8 Å². The fraction of sp³-hybridized carbons (Fsp3) is 0.500. The van der Waals surface area contributed by atoms with Gasteiger partial charge in [0, 0.05) is 19.9 Å². The summed E-state index contributed by atoms with van der Waals surface area (Å²) in [4.78, 5) is 30.2. The number of nitrogens with zero attached hydrogens (tertiary/aromatic N) is 2. The lowest BCUT2D eigenvalue weighted by atomic mass is 10.2. The van der Waals surface area contributed by atoms with Gasteiger partial charge in [0.2, 0.25) is 0 Å². The number of carboxylic acid groups (broad SMARTS) is 1. The Morgan fingerprint density at radius 2 is 2.20 bits per heavy atom. The van der Waals surface area contributed by atoms with Crippen LogP contribution in [0.2, 0.25) is 0 Å². The molecule has 3 N–H and O–H groups in total. The second-order valence-electron chi connectivity index (χ2n) is 4.11. The minimum Gasteiger partial charge on any atom is -0.481 e. The molecule has 8 nitrogen and oxygen atoms in total. The van der Waals surface area contributed by atoms with Crippen molar-refractivity contribution in [2.24, 2.45) is 0 Å². The molecule has 0 aliphatic rings. The van der Waals surface area contributed by atoms with E-state index in [1.54, 1.807) is 19.2 Å². The number of aromatic nitrogens is 2. The van der Waals surface area contributed by atoms with E-state index in [1.165, 1.54) is 7.11 Å². The summed E-state index contributed by atoms with van der Waals surface area (Å²) in [5.74, 6) is -0.346. The topological polar surface area (TPSA) is 113 Å². The van der Waals surface area contributed by atoms with Gasteiger partial charge in [-0.15, -0.1) is 0 Å². The summed E-state index contributed by atoms with van der Waals surface area (Å²) in [6.45, 7) is 2.15. The molecule has 2 amide bonds. The zero-order valence-corrected chi connectivity index (χ0v) is 11.4. The molecule has 1 aromatic rings. The van der Waals surface area contributed by atoms with E-state index in [9.17, 15) is 9.59 Å². The second-order valence-corrected chi connectivity index (χ2v) is 4.11. The molecule has 1 unspecified atom stereocenters. The van der Waals surface area contributed by atoms with Gasteiger partial charge in [-0.05, 0) is 13.0 Å². The Bertz CT molecular complexity index is 467. The third-order valence-corrected chi connectivity index (χ3v) is 2.49. The van der Waals surface area contributed by atoms with E-state index in [2.05, 4.69) is 20.6 Å². The first-order valence-corrected chi connectivity index (χ1v) is 6.06. The number of hydrogen-bond donors (Lipinski definition) is 3. The summed E-state index contributed by atoms with van der Waals surface area (Å²) in [5.41, 5.74) is 0.696. The van der Waals surface area contributed by atoms with Crippen LogP contribution >= 0.6 is 0 Å². The minimum atomic E-state index is -0.976. The molecule has 0 aromatic carbocycles. The lowest BCUT2D eigenvalue weighted by molar-refractivity contribution is -0.139. The van der Waals surface area contributed by atoms with Crippen molar-refractivity contribution < 1.29 is 19.4 Å². The summed E-state index contributed by atoms with van der Waals surface area (Å²) in [5, 5.41) is 13.8. The van der Waals surface area contributed by atoms with Crippen LogP contribution in [-0.4, -0.2) is 46.8 Å². The smallest absolute Gasteiger partial charge is 0.315 e. The zero-order valence-electron chi connectivity index (χ0n) is 11.4. The van der Waals surface area contributed by atoms with E-state index in [0.29, 0.717) is 11.5 Å². The molecule has 1 aromatic heterocycles. The van der Waals surface area contributed by atoms with Gasteiger partial charge < -0.3 is 20.5 Å². The number of methoxy groups -OCH3 is 1. The standard InChI is InChI=1S/C12H18N4O4/c1-8-13-4-3-9(16-8)6-14-12(19)15-7-10(20-2)5-11(17)18/h3-4,10H,5-7H2,1-2H3,(H,17,18)(H2,14,15,19). The average molecular weight is 282 g/mol. The van der Waals surface area contributed by atoms with E-state index in [-0.39, 0.29) is 19.5 Å². The molecule has 1 heterocycles. The number of carbonyl (C=O) groups is 2. The highest BCUT2D eigenvalue weighted by Gasteiger charge is 2.13. The predicted octanol–water partition coefficient (Wildman–Crippen LogP) is 0.0739. The van der Waals surface area contributed by atoms with Crippen LogP contribution in [0.5, 0.6) is 0 Å². The van der Waals surface area contributed by atoms with Crippen LogP contribution in [0, 0.1) is 6.92 Å². The number of urea groups is 1. The SMILES string of the molecule is COC(CNC(=O)NCc1ccnc(C)n1)CC(=O)O. The molecule has 0 aliphatic heterocycles. The normalized spacial score (nSPS) is 11.7. The van der Waals surface area contributed by atoms with Crippen LogP contribution in [0.3, 0.4) is 0 Å². The summed E-state index contributed by atoms with van der Waals surface area (Å²) in [6.07, 6.45) is 0.895. The molecule has 0 spiro atoms. The number of nitrogens with one attached hydrogen (secondary N) is 2. The Morgan fingerprint density at radius 3 is 2.80 bits per heavy atom. The Balaban J connectivity index is 2.31. The average Bonchev–Trinajstić information content (AvgIpc) is 2.40. The van der Waals surface area contributed by atoms with Gasteiger partial charge in [0.25, 0.3) is 0 Å². The number of ether oxygens (including phenoxy) is 1. The maximum absolute atomic E-state index is 11.5. The molecule has 0 bridgehead atoms. The van der Waals surface area contributed by atoms with Crippen LogP contribution in [0.1, 0.15) is 17.9 Å². The molecule has 0 saturated carbocycles. The Kier molecular flexibility index (Phi) is 6.38. The molecule has 1 rings (SSSR count). The molecule has 1 atom stereocenters. The number of aryl methyl sites for hydroxylation is 1. The summed E-state index contributed by atoms with van der Waals surface area (Å²) in [7, 11) is 1.40. The molecule has 0 radical (unpaired) electrons. The summed E-state index contributed by atoms with van der Waals surface area (Å²) >= 11 is 0. The van der Waals surface area contributed by atoms with Crippen LogP contribution in [0.4, 0.5) is 4.79 Å². The van der Waals surface area contributed by atoms with Gasteiger partial charge in [0.15, 0.2) is 0 Å². The Hall–Kier alpha value is -2.22. The van der Waals surface area contributed by atoms with Crippen molar-refractivity contribution in [2.75, 3.05) is 13.7 Å². The maximum atomic E-state index is 11.5. The van der Waals surface area contributed by atoms with E-state index in [4.69, 9.17) is 9.84 Å². The van der Waals surface area contributed by atoms with E-state index in [1.807, 2.05) is 0 Å². The second kappa shape index (κ2) is 8.05. The predicted molar refractivity (Wildman–Crippen MR) is 70.1 cm³/mol. The zero-order chi connectivity index (χ0) is 15.0. The first-order chi connectivity index (χ1) is 9.51. The molecule has 20 heavy (non-hydrogen) atoms. The molecular weight excluding hydrogens is 264 g/mol. The highest BCUT2D eigenvalue weighted by atomic mass is 16.5. The third kappa shape index (κ3) is 6.10. The van der Waals surface area contributed by atoms with Crippen molar-refractivity contribution in [1.29, 1.82) is 0 Å². The molecule has 0 fully saturated rings. The van der Waals surface area contributed by atoms with Gasteiger partial charge >= 0.3 is 12.0 Å². The fourth-order valence-electron chi connectivity index (χ4n) is 1.48. The fourth-order valence-corrected chi connectivity index (χ4v) is 1.48. The maximum Gasteiger partial charge on any atom is 0.315 e. The largest absolute Gasteiger partial charge is 0.481 e. The molecule has 8 heteroatoms. The van der Waals surface area contributed by atoms with Gasteiger partial charge in [-0.25, -0.2) is 14.8 Å².